The predicted octanol–water partition coefficient (Wildman–Crippen LogP) is 4.30. The number of aliphatic hydroxyl groups is 1. The highest BCUT2D eigenvalue weighted by Gasteiger charge is 2.41. The second-order valence-corrected chi connectivity index (χ2v) is 8.58. The Morgan fingerprint density at radius 2 is 2.00 bits per heavy atom. The number of benzene rings is 1. The monoisotopic (exact) mass is 372 g/mol. The zero-order valence-electron chi connectivity index (χ0n) is 16.7. The molecule has 0 amide bonds. The normalized spacial score (nSPS) is 26.1. The first-order chi connectivity index (χ1) is 12.7. The first-order valence-corrected chi connectivity index (χ1v) is 9.92. The molecule has 4 rings (SSSR count). The quantitative estimate of drug-likeness (QED) is 0.796. The minimum Gasteiger partial charge on any atom is -0.489 e. The second kappa shape index (κ2) is 6.26. The lowest BCUT2D eigenvalue weighted by Crippen LogP contribution is -2.36. The van der Waals surface area contributed by atoms with Crippen LogP contribution < -0.4 is 15.1 Å². The summed E-state index contributed by atoms with van der Waals surface area (Å²) in [5.74, 6) is 1.30. The van der Waals surface area contributed by atoms with E-state index in [9.17, 15) is 9.90 Å². The van der Waals surface area contributed by atoms with Gasteiger partial charge in [0.25, 0.3) is 0 Å². The van der Waals surface area contributed by atoms with Crippen molar-refractivity contribution in [1.82, 2.24) is 0 Å². The summed E-state index contributed by atoms with van der Waals surface area (Å²) >= 11 is 0. The van der Waals surface area contributed by atoms with Crippen molar-refractivity contribution in [2.75, 3.05) is 0 Å². The maximum Gasteiger partial charge on any atom is 0.336 e. The van der Waals surface area contributed by atoms with Crippen molar-refractivity contribution < 1.29 is 19.0 Å². The van der Waals surface area contributed by atoms with Crippen LogP contribution in [0.1, 0.15) is 70.3 Å². The SMILES string of the molecule is CCCc1cc(=O)oc2c3c(c4c(c12)OC(C)(C)CC4)O[C@@H](C)[C@H](C)[C@H]3O. The molecule has 0 aliphatic carbocycles. The van der Waals surface area contributed by atoms with Crippen LogP contribution in [0.3, 0.4) is 0 Å². The zero-order chi connectivity index (χ0) is 19.5. The van der Waals surface area contributed by atoms with Crippen molar-refractivity contribution in [3.63, 3.8) is 0 Å². The average Bonchev–Trinajstić information content (AvgIpc) is 2.58. The summed E-state index contributed by atoms with van der Waals surface area (Å²) in [6, 6.07) is 1.56. The number of hydrogen-bond acceptors (Lipinski definition) is 5. The minimum atomic E-state index is -0.744. The maximum atomic E-state index is 12.3. The number of aryl methyl sites for hydroxylation is 1. The lowest BCUT2D eigenvalue weighted by molar-refractivity contribution is 0.0151. The third-order valence-corrected chi connectivity index (χ3v) is 6.02. The molecule has 1 aromatic carbocycles. The van der Waals surface area contributed by atoms with E-state index >= 15 is 0 Å². The van der Waals surface area contributed by atoms with Gasteiger partial charge in [0.05, 0.1) is 17.1 Å². The molecule has 0 fully saturated rings. The van der Waals surface area contributed by atoms with Gasteiger partial charge >= 0.3 is 5.63 Å². The molecular formula is C22H28O5. The molecule has 2 aliphatic rings. The summed E-state index contributed by atoms with van der Waals surface area (Å²) in [5, 5.41) is 11.9. The molecule has 0 unspecified atom stereocenters. The van der Waals surface area contributed by atoms with Gasteiger partial charge in [-0.2, -0.15) is 0 Å². The van der Waals surface area contributed by atoms with Crippen LogP contribution >= 0.6 is 0 Å². The third kappa shape index (κ3) is 2.83. The van der Waals surface area contributed by atoms with E-state index in [1.165, 1.54) is 0 Å². The van der Waals surface area contributed by atoms with Crippen LogP contribution in [0.4, 0.5) is 0 Å². The van der Waals surface area contributed by atoms with Crippen LogP contribution in [0.25, 0.3) is 11.0 Å². The first kappa shape index (κ1) is 18.4. The minimum absolute atomic E-state index is 0.0974. The Bertz CT molecular complexity index is 956. The number of rotatable bonds is 2. The van der Waals surface area contributed by atoms with E-state index in [1.807, 2.05) is 13.8 Å². The van der Waals surface area contributed by atoms with Gasteiger partial charge in [0.1, 0.15) is 23.2 Å². The molecule has 3 atom stereocenters. The standard InChI is InChI=1S/C22H28O5/c1-6-7-13-10-15(23)26-21-16(13)20-14(8-9-22(4,5)27-20)19-17(21)18(24)11(2)12(3)25-19/h10-12,18,24H,6-9H2,1-5H3/t11-,12-,18+/m0/s1. The molecule has 0 spiro atoms. The number of fused-ring (bicyclic) bond motifs is 6. The van der Waals surface area contributed by atoms with E-state index in [0.717, 1.165) is 47.9 Å². The van der Waals surface area contributed by atoms with E-state index in [4.69, 9.17) is 13.9 Å². The van der Waals surface area contributed by atoms with Crippen LogP contribution in [-0.2, 0) is 12.8 Å². The smallest absolute Gasteiger partial charge is 0.336 e. The van der Waals surface area contributed by atoms with Crippen molar-refractivity contribution in [2.45, 2.75) is 78.1 Å². The van der Waals surface area contributed by atoms with E-state index in [0.29, 0.717) is 16.9 Å². The lowest BCUT2D eigenvalue weighted by atomic mass is 9.83. The van der Waals surface area contributed by atoms with Gasteiger partial charge in [-0.25, -0.2) is 4.79 Å². The average molecular weight is 372 g/mol. The summed E-state index contributed by atoms with van der Waals surface area (Å²) in [6.07, 6.45) is 2.45. The van der Waals surface area contributed by atoms with Gasteiger partial charge in [-0.3, -0.25) is 0 Å². The third-order valence-electron chi connectivity index (χ3n) is 6.02. The molecule has 5 heteroatoms. The number of hydrogen-bond donors (Lipinski definition) is 1. The Hall–Kier alpha value is -2.01. The molecule has 0 radical (unpaired) electrons. The summed E-state index contributed by atoms with van der Waals surface area (Å²) < 4.78 is 18.3. The van der Waals surface area contributed by atoms with Crippen LogP contribution in [0.2, 0.25) is 0 Å². The van der Waals surface area contributed by atoms with Gasteiger partial charge in [-0.1, -0.05) is 20.3 Å². The molecule has 0 saturated carbocycles. The van der Waals surface area contributed by atoms with E-state index in [2.05, 4.69) is 20.8 Å². The van der Waals surface area contributed by atoms with Gasteiger partial charge in [-0.15, -0.1) is 0 Å². The van der Waals surface area contributed by atoms with Gasteiger partial charge in [0.15, 0.2) is 5.58 Å². The van der Waals surface area contributed by atoms with E-state index in [1.54, 1.807) is 6.07 Å². The molecule has 5 nitrogen and oxygen atoms in total. The Labute approximate surface area is 159 Å². The van der Waals surface area contributed by atoms with Gasteiger partial charge < -0.3 is 19.0 Å². The number of ether oxygens (including phenoxy) is 2. The van der Waals surface area contributed by atoms with Crippen molar-refractivity contribution in [3.8, 4) is 11.5 Å². The highest BCUT2D eigenvalue weighted by atomic mass is 16.5. The molecule has 0 bridgehead atoms. The molecule has 2 aliphatic heterocycles. The Kier molecular flexibility index (Phi) is 4.26. The Morgan fingerprint density at radius 3 is 2.70 bits per heavy atom. The largest absolute Gasteiger partial charge is 0.489 e. The van der Waals surface area contributed by atoms with Crippen molar-refractivity contribution in [3.05, 3.63) is 33.2 Å². The second-order valence-electron chi connectivity index (χ2n) is 8.58. The van der Waals surface area contributed by atoms with Crippen LogP contribution in [0.15, 0.2) is 15.3 Å². The van der Waals surface area contributed by atoms with Gasteiger partial charge in [-0.05, 0) is 45.6 Å². The molecule has 1 aromatic heterocycles. The molecular weight excluding hydrogens is 344 g/mol. The van der Waals surface area contributed by atoms with Gasteiger partial charge in [0.2, 0.25) is 0 Å². The van der Waals surface area contributed by atoms with E-state index in [-0.39, 0.29) is 17.6 Å². The fourth-order valence-corrected chi connectivity index (χ4v) is 4.28. The summed E-state index contributed by atoms with van der Waals surface area (Å²) in [5.41, 5.74) is 2.22. The molecule has 2 aromatic rings. The summed E-state index contributed by atoms with van der Waals surface area (Å²) in [6.45, 7) is 10.1. The number of aliphatic hydroxyl groups excluding tert-OH is 1. The highest BCUT2D eigenvalue weighted by molar-refractivity contribution is 5.94. The Balaban J connectivity index is 2.14. The van der Waals surface area contributed by atoms with Crippen molar-refractivity contribution >= 4 is 11.0 Å². The van der Waals surface area contributed by atoms with E-state index < -0.39 is 11.7 Å². The van der Waals surface area contributed by atoms with Gasteiger partial charge in [0, 0.05) is 17.5 Å². The van der Waals surface area contributed by atoms with Crippen molar-refractivity contribution in [1.29, 1.82) is 0 Å². The molecule has 0 saturated heterocycles. The van der Waals surface area contributed by atoms with Crippen LogP contribution in [0.5, 0.6) is 11.5 Å². The maximum absolute atomic E-state index is 12.3. The topological polar surface area (TPSA) is 68.9 Å². The van der Waals surface area contributed by atoms with Crippen molar-refractivity contribution in [2.24, 2.45) is 5.92 Å². The predicted molar refractivity (Wildman–Crippen MR) is 104 cm³/mol. The summed E-state index contributed by atoms with van der Waals surface area (Å²) in [7, 11) is 0. The lowest BCUT2D eigenvalue weighted by Gasteiger charge is -2.39. The fraction of sp³-hybridized carbons (Fsp3) is 0.591. The molecule has 146 valence electrons. The molecule has 3 heterocycles. The first-order valence-electron chi connectivity index (χ1n) is 9.92. The Morgan fingerprint density at radius 1 is 1.26 bits per heavy atom. The zero-order valence-corrected chi connectivity index (χ0v) is 16.7. The highest BCUT2D eigenvalue weighted by Crippen LogP contribution is 2.52. The van der Waals surface area contributed by atoms with Crippen LogP contribution in [-0.4, -0.2) is 16.8 Å². The fourth-order valence-electron chi connectivity index (χ4n) is 4.28. The molecule has 27 heavy (non-hydrogen) atoms. The van der Waals surface area contributed by atoms with Crippen LogP contribution in [0, 0.1) is 5.92 Å². The summed E-state index contributed by atoms with van der Waals surface area (Å²) in [4.78, 5) is 12.3. The molecule has 1 N–H and O–H groups in total.